The molecule has 0 saturated carbocycles. The molecule has 0 saturated heterocycles. The number of hydrogen-bond donors (Lipinski definition) is 2. The number of carbonyl (C=O) groups excluding carboxylic acids is 1. The number of aromatic nitrogens is 1. The zero-order valence-corrected chi connectivity index (χ0v) is 11.3. The second kappa shape index (κ2) is 6.47. The number of nitro groups is 1. The maximum Gasteiger partial charge on any atom is 0.319 e. The van der Waals surface area contributed by atoms with Gasteiger partial charge in [0.05, 0.1) is 11.0 Å². The quantitative estimate of drug-likeness (QED) is 0.667. The molecule has 1 heterocycles. The molecule has 0 unspecified atom stereocenters. The topological polar surface area (TPSA) is 97.2 Å². The first-order valence-corrected chi connectivity index (χ1v) is 6.28. The van der Waals surface area contributed by atoms with E-state index in [1.165, 1.54) is 18.2 Å². The lowest BCUT2D eigenvalue weighted by atomic mass is 10.1. The number of non-ortho nitro benzene ring substituents is 1. The minimum absolute atomic E-state index is 0.0741. The summed E-state index contributed by atoms with van der Waals surface area (Å²) in [5.74, 6) is 0. The number of rotatable bonds is 4. The molecule has 0 aliphatic rings. The first-order valence-electron chi connectivity index (χ1n) is 6.28. The Balaban J connectivity index is 1.99. The van der Waals surface area contributed by atoms with E-state index in [1.54, 1.807) is 30.6 Å². The van der Waals surface area contributed by atoms with Crippen LogP contribution < -0.4 is 10.6 Å². The number of urea groups is 1. The summed E-state index contributed by atoms with van der Waals surface area (Å²) in [4.78, 5) is 25.9. The summed E-state index contributed by atoms with van der Waals surface area (Å²) in [7, 11) is 0. The van der Waals surface area contributed by atoms with Crippen molar-refractivity contribution in [1.29, 1.82) is 0 Å². The number of carbonyl (C=O) groups is 1. The van der Waals surface area contributed by atoms with Gasteiger partial charge in [0.2, 0.25) is 0 Å². The number of nitro benzene ring substituents is 1. The fraction of sp³-hybridized carbons (Fsp3) is 0.143. The van der Waals surface area contributed by atoms with Gasteiger partial charge in [0.15, 0.2) is 0 Å². The van der Waals surface area contributed by atoms with Crippen molar-refractivity contribution in [3.05, 3.63) is 64.5 Å². The Morgan fingerprint density at radius 2 is 2.00 bits per heavy atom. The fourth-order valence-corrected chi connectivity index (χ4v) is 1.80. The minimum Gasteiger partial charge on any atom is -0.331 e. The maximum atomic E-state index is 11.9. The Kier molecular flexibility index (Phi) is 4.45. The van der Waals surface area contributed by atoms with Gasteiger partial charge in [-0.2, -0.15) is 0 Å². The number of nitrogens with zero attached hydrogens (tertiary/aromatic N) is 2. The highest BCUT2D eigenvalue weighted by molar-refractivity contribution is 5.89. The molecule has 0 aliphatic carbocycles. The molecular formula is C14H14N4O3. The fourth-order valence-electron chi connectivity index (χ4n) is 1.80. The molecule has 0 aliphatic heterocycles. The van der Waals surface area contributed by atoms with Crippen LogP contribution in [-0.4, -0.2) is 15.9 Å². The zero-order chi connectivity index (χ0) is 15.2. The lowest BCUT2D eigenvalue weighted by Gasteiger charge is -2.14. The smallest absolute Gasteiger partial charge is 0.319 e. The van der Waals surface area contributed by atoms with E-state index in [0.717, 1.165) is 5.56 Å². The Morgan fingerprint density at radius 1 is 1.29 bits per heavy atom. The zero-order valence-electron chi connectivity index (χ0n) is 11.3. The monoisotopic (exact) mass is 286 g/mol. The van der Waals surface area contributed by atoms with Crippen LogP contribution in [0.1, 0.15) is 18.5 Å². The number of nitrogens with one attached hydrogen (secondary N) is 2. The average molecular weight is 286 g/mol. The molecule has 0 radical (unpaired) electrons. The number of pyridine rings is 1. The van der Waals surface area contributed by atoms with Crippen LogP contribution in [0.15, 0.2) is 48.8 Å². The van der Waals surface area contributed by atoms with Crippen LogP contribution in [0.3, 0.4) is 0 Å². The summed E-state index contributed by atoms with van der Waals surface area (Å²) in [6.07, 6.45) is 3.29. The first-order chi connectivity index (χ1) is 10.1. The van der Waals surface area contributed by atoms with E-state index < -0.39 is 11.0 Å². The lowest BCUT2D eigenvalue weighted by molar-refractivity contribution is -0.384. The van der Waals surface area contributed by atoms with Crippen LogP contribution in [0.5, 0.6) is 0 Å². The third kappa shape index (κ3) is 4.00. The molecule has 0 bridgehead atoms. The summed E-state index contributed by atoms with van der Waals surface area (Å²) < 4.78 is 0. The highest BCUT2D eigenvalue weighted by Crippen LogP contribution is 2.17. The van der Waals surface area contributed by atoms with Crippen molar-refractivity contribution in [2.45, 2.75) is 13.0 Å². The molecule has 2 amide bonds. The van der Waals surface area contributed by atoms with Gasteiger partial charge in [-0.05, 0) is 30.7 Å². The van der Waals surface area contributed by atoms with Crippen molar-refractivity contribution in [2.75, 3.05) is 5.32 Å². The van der Waals surface area contributed by atoms with Crippen LogP contribution >= 0.6 is 0 Å². The van der Waals surface area contributed by atoms with Crippen molar-refractivity contribution in [1.82, 2.24) is 10.3 Å². The molecule has 1 aromatic heterocycles. The average Bonchev–Trinajstić information content (AvgIpc) is 2.48. The predicted octanol–water partition coefficient (Wildman–Crippen LogP) is 2.87. The number of amides is 2. The Hall–Kier alpha value is -2.96. The van der Waals surface area contributed by atoms with E-state index >= 15 is 0 Å². The van der Waals surface area contributed by atoms with Gasteiger partial charge in [-0.15, -0.1) is 0 Å². The number of hydrogen-bond acceptors (Lipinski definition) is 4. The van der Waals surface area contributed by atoms with Crippen LogP contribution in [0.2, 0.25) is 0 Å². The molecule has 2 rings (SSSR count). The Bertz CT molecular complexity index is 646. The van der Waals surface area contributed by atoms with Gasteiger partial charge in [0, 0.05) is 30.2 Å². The van der Waals surface area contributed by atoms with E-state index in [4.69, 9.17) is 0 Å². The van der Waals surface area contributed by atoms with Crippen molar-refractivity contribution < 1.29 is 9.72 Å². The lowest BCUT2D eigenvalue weighted by Crippen LogP contribution is -2.31. The van der Waals surface area contributed by atoms with Crippen molar-refractivity contribution >= 4 is 17.4 Å². The molecule has 1 atom stereocenters. The summed E-state index contributed by atoms with van der Waals surface area (Å²) in [5, 5.41) is 16.0. The normalized spacial score (nSPS) is 11.5. The Labute approximate surface area is 121 Å². The van der Waals surface area contributed by atoms with Gasteiger partial charge in [-0.3, -0.25) is 15.1 Å². The SMILES string of the molecule is C[C@H](NC(=O)Nc1cccc([N+](=O)[O-])c1)c1ccncc1. The molecule has 2 N–H and O–H groups in total. The summed E-state index contributed by atoms with van der Waals surface area (Å²) >= 11 is 0. The van der Waals surface area contributed by atoms with E-state index in [-0.39, 0.29) is 11.7 Å². The van der Waals surface area contributed by atoms with Gasteiger partial charge in [0.1, 0.15) is 0 Å². The van der Waals surface area contributed by atoms with Crippen molar-refractivity contribution in [3.63, 3.8) is 0 Å². The van der Waals surface area contributed by atoms with E-state index in [0.29, 0.717) is 5.69 Å². The predicted molar refractivity (Wildman–Crippen MR) is 77.9 cm³/mol. The first kappa shape index (κ1) is 14.4. The standard InChI is InChI=1S/C14H14N4O3/c1-10(11-5-7-15-8-6-11)16-14(19)17-12-3-2-4-13(9-12)18(20)21/h2-10H,1H3,(H2,16,17,19)/t10-/m0/s1. The minimum atomic E-state index is -0.511. The van der Waals surface area contributed by atoms with Crippen LogP contribution in [0, 0.1) is 10.1 Å². The maximum absolute atomic E-state index is 11.9. The number of anilines is 1. The molecule has 2 aromatic rings. The molecule has 21 heavy (non-hydrogen) atoms. The van der Waals surface area contributed by atoms with E-state index in [9.17, 15) is 14.9 Å². The third-order valence-corrected chi connectivity index (χ3v) is 2.87. The molecule has 108 valence electrons. The van der Waals surface area contributed by atoms with Gasteiger partial charge < -0.3 is 10.6 Å². The number of benzene rings is 1. The van der Waals surface area contributed by atoms with Gasteiger partial charge in [-0.25, -0.2) is 4.79 Å². The largest absolute Gasteiger partial charge is 0.331 e. The molecular weight excluding hydrogens is 272 g/mol. The second-order valence-corrected chi connectivity index (χ2v) is 4.41. The van der Waals surface area contributed by atoms with Crippen LogP contribution in [0.4, 0.5) is 16.2 Å². The van der Waals surface area contributed by atoms with Crippen molar-refractivity contribution in [2.24, 2.45) is 0 Å². The van der Waals surface area contributed by atoms with Gasteiger partial charge in [0.25, 0.3) is 5.69 Å². The molecule has 7 heteroatoms. The highest BCUT2D eigenvalue weighted by Gasteiger charge is 2.11. The molecule has 1 aromatic carbocycles. The molecule has 7 nitrogen and oxygen atoms in total. The van der Waals surface area contributed by atoms with Gasteiger partial charge in [-0.1, -0.05) is 6.07 Å². The van der Waals surface area contributed by atoms with Crippen molar-refractivity contribution in [3.8, 4) is 0 Å². The highest BCUT2D eigenvalue weighted by atomic mass is 16.6. The van der Waals surface area contributed by atoms with Crippen LogP contribution in [-0.2, 0) is 0 Å². The summed E-state index contributed by atoms with van der Waals surface area (Å²) in [6.45, 7) is 1.84. The summed E-state index contributed by atoms with van der Waals surface area (Å²) in [5.41, 5.74) is 1.21. The van der Waals surface area contributed by atoms with E-state index in [1.807, 2.05) is 6.92 Å². The second-order valence-electron chi connectivity index (χ2n) is 4.41. The van der Waals surface area contributed by atoms with E-state index in [2.05, 4.69) is 15.6 Å². The van der Waals surface area contributed by atoms with Gasteiger partial charge >= 0.3 is 6.03 Å². The molecule has 0 fully saturated rings. The van der Waals surface area contributed by atoms with Crippen LogP contribution in [0.25, 0.3) is 0 Å². The molecule has 0 spiro atoms. The Morgan fingerprint density at radius 3 is 2.67 bits per heavy atom. The third-order valence-electron chi connectivity index (χ3n) is 2.87. The summed E-state index contributed by atoms with van der Waals surface area (Å²) in [6, 6.07) is 8.74.